The number of ether oxygens (including phenoxy) is 1. The first kappa shape index (κ1) is 22.6. The van der Waals surface area contributed by atoms with E-state index in [2.05, 4.69) is 17.4 Å². The Hall–Kier alpha value is -2.64. The van der Waals surface area contributed by atoms with Crippen LogP contribution in [0.25, 0.3) is 10.9 Å². The molecule has 0 bridgehead atoms. The smallest absolute Gasteiger partial charge is 0.262 e. The van der Waals surface area contributed by atoms with Crippen molar-refractivity contribution in [2.75, 3.05) is 12.4 Å². The van der Waals surface area contributed by atoms with Crippen molar-refractivity contribution in [3.05, 3.63) is 70.5 Å². The SMILES string of the molecule is CC(CCc1ccccc1)NC(=O)CSc1nc2ccccc2c(=O)n1CC1CCCO1. The number of hydrogen-bond donors (Lipinski definition) is 1. The summed E-state index contributed by atoms with van der Waals surface area (Å²) in [6.07, 6.45) is 3.75. The molecule has 1 fully saturated rings. The Kier molecular flexibility index (Phi) is 7.60. The summed E-state index contributed by atoms with van der Waals surface area (Å²) in [7, 11) is 0. The van der Waals surface area contributed by atoms with Gasteiger partial charge in [-0.1, -0.05) is 54.2 Å². The molecule has 2 heterocycles. The first-order valence-corrected chi connectivity index (χ1v) is 12.2. The molecule has 168 valence electrons. The van der Waals surface area contributed by atoms with Gasteiger partial charge in [-0.2, -0.15) is 0 Å². The van der Waals surface area contributed by atoms with Crippen LogP contribution in [0, 0.1) is 0 Å². The lowest BCUT2D eigenvalue weighted by atomic mass is 10.1. The quantitative estimate of drug-likeness (QED) is 0.396. The number of benzene rings is 2. The molecule has 0 aliphatic carbocycles. The fourth-order valence-electron chi connectivity index (χ4n) is 3.96. The van der Waals surface area contributed by atoms with E-state index in [9.17, 15) is 9.59 Å². The molecule has 0 saturated carbocycles. The molecule has 2 atom stereocenters. The van der Waals surface area contributed by atoms with Crippen LogP contribution >= 0.6 is 11.8 Å². The summed E-state index contributed by atoms with van der Waals surface area (Å²) < 4.78 is 7.42. The summed E-state index contributed by atoms with van der Waals surface area (Å²) in [6.45, 7) is 3.22. The van der Waals surface area contributed by atoms with Crippen LogP contribution in [-0.4, -0.2) is 40.0 Å². The Bertz CT molecular complexity index is 1110. The zero-order chi connectivity index (χ0) is 22.3. The van der Waals surface area contributed by atoms with E-state index < -0.39 is 0 Å². The highest BCUT2D eigenvalue weighted by atomic mass is 32.2. The molecular weight excluding hydrogens is 422 g/mol. The van der Waals surface area contributed by atoms with E-state index in [1.807, 2.05) is 43.3 Å². The number of carbonyl (C=O) groups is 1. The van der Waals surface area contributed by atoms with Crippen LogP contribution in [-0.2, 0) is 22.5 Å². The first-order chi connectivity index (χ1) is 15.6. The van der Waals surface area contributed by atoms with Gasteiger partial charge in [0.25, 0.3) is 5.56 Å². The number of hydrogen-bond acceptors (Lipinski definition) is 5. The first-order valence-electron chi connectivity index (χ1n) is 11.2. The van der Waals surface area contributed by atoms with Gasteiger partial charge in [-0.25, -0.2) is 4.98 Å². The minimum absolute atomic E-state index is 0.0156. The summed E-state index contributed by atoms with van der Waals surface area (Å²) in [5.74, 6) is 0.160. The third kappa shape index (κ3) is 5.78. The molecule has 1 aromatic heterocycles. The molecule has 3 aromatic rings. The number of amides is 1. The molecule has 1 aliphatic rings. The van der Waals surface area contributed by atoms with Crippen LogP contribution in [0.1, 0.15) is 31.7 Å². The van der Waals surface area contributed by atoms with Crippen LogP contribution in [0.3, 0.4) is 0 Å². The lowest BCUT2D eigenvalue weighted by Crippen LogP contribution is -2.34. The van der Waals surface area contributed by atoms with E-state index in [4.69, 9.17) is 9.72 Å². The average molecular weight is 452 g/mol. The van der Waals surface area contributed by atoms with Crippen LogP contribution in [0.2, 0.25) is 0 Å². The second-order valence-corrected chi connectivity index (χ2v) is 9.19. The molecular formula is C25H29N3O3S. The fourth-order valence-corrected chi connectivity index (χ4v) is 4.78. The Morgan fingerprint density at radius 2 is 2.00 bits per heavy atom. The summed E-state index contributed by atoms with van der Waals surface area (Å²) in [5.41, 5.74) is 1.84. The highest BCUT2D eigenvalue weighted by Crippen LogP contribution is 2.21. The van der Waals surface area contributed by atoms with Crippen LogP contribution < -0.4 is 10.9 Å². The Balaban J connectivity index is 1.41. The summed E-state index contributed by atoms with van der Waals surface area (Å²) >= 11 is 1.31. The molecule has 0 radical (unpaired) electrons. The van der Waals surface area contributed by atoms with Gasteiger partial charge in [-0.3, -0.25) is 14.2 Å². The van der Waals surface area contributed by atoms with Crippen molar-refractivity contribution in [2.45, 2.75) is 56.5 Å². The highest BCUT2D eigenvalue weighted by molar-refractivity contribution is 7.99. The molecule has 6 nitrogen and oxygen atoms in total. The maximum Gasteiger partial charge on any atom is 0.262 e. The number of aromatic nitrogens is 2. The van der Waals surface area contributed by atoms with E-state index in [-0.39, 0.29) is 29.4 Å². The highest BCUT2D eigenvalue weighted by Gasteiger charge is 2.21. The molecule has 2 unspecified atom stereocenters. The molecule has 7 heteroatoms. The topological polar surface area (TPSA) is 73.2 Å². The Labute approximate surface area is 192 Å². The van der Waals surface area contributed by atoms with Crippen molar-refractivity contribution in [3.63, 3.8) is 0 Å². The predicted molar refractivity (Wildman–Crippen MR) is 128 cm³/mol. The van der Waals surface area contributed by atoms with Crippen molar-refractivity contribution in [2.24, 2.45) is 0 Å². The number of fused-ring (bicyclic) bond motifs is 1. The van der Waals surface area contributed by atoms with E-state index in [1.165, 1.54) is 17.3 Å². The Morgan fingerprint density at radius 1 is 1.22 bits per heavy atom. The molecule has 1 aliphatic heterocycles. The minimum Gasteiger partial charge on any atom is -0.376 e. The fraction of sp³-hybridized carbons (Fsp3) is 0.400. The second kappa shape index (κ2) is 10.8. The van der Waals surface area contributed by atoms with Gasteiger partial charge < -0.3 is 10.1 Å². The van der Waals surface area contributed by atoms with Gasteiger partial charge in [0.2, 0.25) is 5.91 Å². The maximum atomic E-state index is 13.1. The van der Waals surface area contributed by atoms with Crippen molar-refractivity contribution in [1.82, 2.24) is 14.9 Å². The molecule has 1 amide bonds. The van der Waals surface area contributed by atoms with Crippen LogP contribution in [0.15, 0.2) is 64.5 Å². The summed E-state index contributed by atoms with van der Waals surface area (Å²) in [6, 6.07) is 17.7. The number of rotatable bonds is 9. The van der Waals surface area contributed by atoms with Crippen LogP contribution in [0.4, 0.5) is 0 Å². The van der Waals surface area contributed by atoms with Crippen molar-refractivity contribution >= 4 is 28.6 Å². The van der Waals surface area contributed by atoms with Gasteiger partial charge in [-0.05, 0) is 50.3 Å². The summed E-state index contributed by atoms with van der Waals surface area (Å²) in [5, 5.41) is 4.22. The third-order valence-corrected chi connectivity index (χ3v) is 6.66. The average Bonchev–Trinajstić information content (AvgIpc) is 3.32. The van der Waals surface area contributed by atoms with Crippen molar-refractivity contribution in [1.29, 1.82) is 0 Å². The molecule has 4 rings (SSSR count). The second-order valence-electron chi connectivity index (χ2n) is 8.24. The van der Waals surface area contributed by atoms with Gasteiger partial charge in [0, 0.05) is 12.6 Å². The normalized spacial score (nSPS) is 16.8. The minimum atomic E-state index is -0.0785. The lowest BCUT2D eigenvalue weighted by Gasteiger charge is -2.17. The van der Waals surface area contributed by atoms with Gasteiger partial charge in [0.1, 0.15) is 0 Å². The molecule has 0 spiro atoms. The number of nitrogens with one attached hydrogen (secondary N) is 1. The monoisotopic (exact) mass is 451 g/mol. The van der Waals surface area contributed by atoms with Gasteiger partial charge in [-0.15, -0.1) is 0 Å². The van der Waals surface area contributed by atoms with Crippen molar-refractivity contribution < 1.29 is 9.53 Å². The number of para-hydroxylation sites is 1. The predicted octanol–water partition coefficient (Wildman–Crippen LogP) is 3.81. The maximum absolute atomic E-state index is 13.1. The molecule has 2 aromatic carbocycles. The lowest BCUT2D eigenvalue weighted by molar-refractivity contribution is -0.119. The number of thioether (sulfide) groups is 1. The third-order valence-electron chi connectivity index (χ3n) is 5.69. The summed E-state index contributed by atoms with van der Waals surface area (Å²) in [4.78, 5) is 30.4. The van der Waals surface area contributed by atoms with E-state index in [0.717, 1.165) is 32.3 Å². The number of nitrogens with zero attached hydrogens (tertiary/aromatic N) is 2. The largest absolute Gasteiger partial charge is 0.376 e. The van der Waals surface area contributed by atoms with E-state index in [1.54, 1.807) is 10.6 Å². The van der Waals surface area contributed by atoms with Gasteiger partial charge >= 0.3 is 0 Å². The Morgan fingerprint density at radius 3 is 2.78 bits per heavy atom. The zero-order valence-electron chi connectivity index (χ0n) is 18.3. The molecule has 1 saturated heterocycles. The van der Waals surface area contributed by atoms with E-state index in [0.29, 0.717) is 22.6 Å². The molecule has 1 N–H and O–H groups in total. The standard InChI is InChI=1S/C25H29N3O3S/c1-18(13-14-19-8-3-2-4-9-19)26-23(29)17-32-25-27-22-12-6-5-11-21(22)24(30)28(25)16-20-10-7-15-31-20/h2-6,8-9,11-12,18,20H,7,10,13-17H2,1H3,(H,26,29). The van der Waals surface area contributed by atoms with Gasteiger partial charge in [0.05, 0.1) is 29.3 Å². The van der Waals surface area contributed by atoms with Crippen molar-refractivity contribution in [3.8, 4) is 0 Å². The number of aryl methyl sites for hydroxylation is 1. The van der Waals surface area contributed by atoms with Gasteiger partial charge in [0.15, 0.2) is 5.16 Å². The van der Waals surface area contributed by atoms with Crippen LogP contribution in [0.5, 0.6) is 0 Å². The number of carbonyl (C=O) groups excluding carboxylic acids is 1. The zero-order valence-corrected chi connectivity index (χ0v) is 19.1. The van der Waals surface area contributed by atoms with E-state index >= 15 is 0 Å². The molecule has 32 heavy (non-hydrogen) atoms.